The summed E-state index contributed by atoms with van der Waals surface area (Å²) in [7, 11) is -3.91. The number of rotatable bonds is 6. The van der Waals surface area contributed by atoms with Gasteiger partial charge in [-0.25, -0.2) is 12.8 Å². The number of nitrogens with one attached hydrogen (secondary N) is 1. The lowest BCUT2D eigenvalue weighted by molar-refractivity contribution is -0.137. The summed E-state index contributed by atoms with van der Waals surface area (Å²) < 4.78 is 78.0. The second kappa shape index (κ2) is 8.27. The second-order valence-electron chi connectivity index (χ2n) is 5.76. The molecule has 152 valence electrons. The molecule has 2 aromatic carbocycles. The fourth-order valence-electron chi connectivity index (χ4n) is 2.49. The Bertz CT molecular complexity index is 954. The van der Waals surface area contributed by atoms with Crippen molar-refractivity contribution in [2.45, 2.75) is 24.9 Å². The van der Waals surface area contributed by atoms with Crippen LogP contribution in [0.2, 0.25) is 0 Å². The Morgan fingerprint density at radius 3 is 2.11 bits per heavy atom. The highest BCUT2D eigenvalue weighted by Gasteiger charge is 2.30. The molecule has 0 radical (unpaired) electrons. The lowest BCUT2D eigenvalue weighted by Crippen LogP contribution is -2.31. The highest BCUT2D eigenvalue weighted by molar-refractivity contribution is 7.89. The number of sulfonamides is 1. The van der Waals surface area contributed by atoms with Crippen molar-refractivity contribution in [3.63, 3.8) is 0 Å². The summed E-state index contributed by atoms with van der Waals surface area (Å²) in [4.78, 5) is 12.1. The third kappa shape index (κ3) is 4.68. The number of nitrogens with zero attached hydrogens (tertiary/aromatic N) is 1. The van der Waals surface area contributed by atoms with Crippen molar-refractivity contribution in [3.05, 3.63) is 59.4 Å². The quantitative estimate of drug-likeness (QED) is 0.718. The van der Waals surface area contributed by atoms with E-state index in [1.54, 1.807) is 13.8 Å². The van der Waals surface area contributed by atoms with Gasteiger partial charge in [0.25, 0.3) is 5.91 Å². The molecular formula is C18H18F4N2O3S. The summed E-state index contributed by atoms with van der Waals surface area (Å²) >= 11 is 0. The van der Waals surface area contributed by atoms with Crippen LogP contribution in [0.1, 0.15) is 29.8 Å². The van der Waals surface area contributed by atoms with E-state index in [9.17, 15) is 30.8 Å². The smallest absolute Gasteiger partial charge is 0.322 e. The molecule has 0 unspecified atom stereocenters. The van der Waals surface area contributed by atoms with E-state index in [2.05, 4.69) is 5.32 Å². The first-order chi connectivity index (χ1) is 13.0. The molecule has 28 heavy (non-hydrogen) atoms. The third-order valence-corrected chi connectivity index (χ3v) is 6.04. The maximum atomic E-state index is 14.1. The highest BCUT2D eigenvalue weighted by atomic mass is 32.2. The maximum absolute atomic E-state index is 14.1. The van der Waals surface area contributed by atoms with Crippen molar-refractivity contribution in [1.82, 2.24) is 4.31 Å². The van der Waals surface area contributed by atoms with E-state index in [0.717, 1.165) is 46.8 Å². The second-order valence-corrected chi connectivity index (χ2v) is 7.70. The Balaban J connectivity index is 2.31. The van der Waals surface area contributed by atoms with Gasteiger partial charge in [0, 0.05) is 18.8 Å². The Morgan fingerprint density at radius 2 is 1.61 bits per heavy atom. The molecule has 0 aliphatic rings. The molecule has 0 aliphatic carbocycles. The number of amides is 1. The van der Waals surface area contributed by atoms with E-state index in [-0.39, 0.29) is 23.7 Å². The largest absolute Gasteiger partial charge is 0.416 e. The SMILES string of the molecule is CCN(CC)S(=O)(=O)c1ccc(F)c(C(=O)Nc2ccc(C(F)(F)F)cc2)c1. The lowest BCUT2D eigenvalue weighted by atomic mass is 10.1. The monoisotopic (exact) mass is 418 g/mol. The van der Waals surface area contributed by atoms with Gasteiger partial charge in [0.15, 0.2) is 0 Å². The predicted molar refractivity (Wildman–Crippen MR) is 95.9 cm³/mol. The van der Waals surface area contributed by atoms with Crippen molar-refractivity contribution in [1.29, 1.82) is 0 Å². The zero-order chi connectivity index (χ0) is 21.1. The Labute approximate surface area is 160 Å². The number of hydrogen-bond donors (Lipinski definition) is 1. The van der Waals surface area contributed by atoms with E-state index < -0.39 is 39.1 Å². The molecule has 0 saturated carbocycles. The molecule has 0 bridgehead atoms. The number of hydrogen-bond acceptors (Lipinski definition) is 3. The first-order valence-corrected chi connectivity index (χ1v) is 9.73. The average Bonchev–Trinajstić information content (AvgIpc) is 2.62. The normalized spacial score (nSPS) is 12.2. The summed E-state index contributed by atoms with van der Waals surface area (Å²) in [5.74, 6) is -1.93. The molecule has 0 atom stereocenters. The van der Waals surface area contributed by atoms with Gasteiger partial charge in [0.2, 0.25) is 10.0 Å². The summed E-state index contributed by atoms with van der Waals surface area (Å²) in [6, 6.07) is 6.41. The maximum Gasteiger partial charge on any atom is 0.416 e. The van der Waals surface area contributed by atoms with Crippen LogP contribution in [0.3, 0.4) is 0 Å². The van der Waals surface area contributed by atoms with Crippen LogP contribution in [0.15, 0.2) is 47.4 Å². The molecule has 0 saturated heterocycles. The molecule has 0 heterocycles. The minimum Gasteiger partial charge on any atom is -0.322 e. The van der Waals surface area contributed by atoms with Gasteiger partial charge in [0.05, 0.1) is 16.0 Å². The molecular weight excluding hydrogens is 400 g/mol. The summed E-state index contributed by atoms with van der Waals surface area (Å²) in [6.45, 7) is 3.68. The van der Waals surface area contributed by atoms with Gasteiger partial charge < -0.3 is 5.32 Å². The molecule has 10 heteroatoms. The molecule has 0 aliphatic heterocycles. The van der Waals surface area contributed by atoms with Crippen molar-refractivity contribution < 1.29 is 30.8 Å². The number of carbonyl (C=O) groups excluding carboxylic acids is 1. The molecule has 2 aromatic rings. The van der Waals surface area contributed by atoms with Gasteiger partial charge in [-0.15, -0.1) is 0 Å². The van der Waals surface area contributed by atoms with E-state index >= 15 is 0 Å². The van der Waals surface area contributed by atoms with Crippen molar-refractivity contribution in [2.75, 3.05) is 18.4 Å². The lowest BCUT2D eigenvalue weighted by Gasteiger charge is -2.19. The summed E-state index contributed by atoms with van der Waals surface area (Å²) in [6.07, 6.45) is -4.53. The predicted octanol–water partition coefficient (Wildman–Crippen LogP) is 4.13. The van der Waals surface area contributed by atoms with Gasteiger partial charge in [-0.05, 0) is 42.5 Å². The molecule has 2 rings (SSSR count). The van der Waals surface area contributed by atoms with Crippen LogP contribution in [0.5, 0.6) is 0 Å². The molecule has 1 amide bonds. The summed E-state index contributed by atoms with van der Waals surface area (Å²) in [5, 5.41) is 2.26. The first-order valence-electron chi connectivity index (χ1n) is 8.29. The number of benzene rings is 2. The van der Waals surface area contributed by atoms with Gasteiger partial charge in [-0.3, -0.25) is 4.79 Å². The van der Waals surface area contributed by atoms with Crippen LogP contribution < -0.4 is 5.32 Å². The van der Waals surface area contributed by atoms with Crippen LogP contribution in [0.4, 0.5) is 23.2 Å². The van der Waals surface area contributed by atoms with Crippen LogP contribution in [0.25, 0.3) is 0 Å². The van der Waals surface area contributed by atoms with Crippen LogP contribution >= 0.6 is 0 Å². The average molecular weight is 418 g/mol. The topological polar surface area (TPSA) is 66.5 Å². The molecule has 1 N–H and O–H groups in total. The number of anilines is 1. The van der Waals surface area contributed by atoms with E-state index in [1.807, 2.05) is 0 Å². The van der Waals surface area contributed by atoms with Crippen molar-refractivity contribution in [2.24, 2.45) is 0 Å². The molecule has 5 nitrogen and oxygen atoms in total. The van der Waals surface area contributed by atoms with E-state index in [4.69, 9.17) is 0 Å². The zero-order valence-electron chi connectivity index (χ0n) is 15.0. The Morgan fingerprint density at radius 1 is 1.04 bits per heavy atom. The van der Waals surface area contributed by atoms with Crippen LogP contribution in [-0.2, 0) is 16.2 Å². The highest BCUT2D eigenvalue weighted by Crippen LogP contribution is 2.30. The molecule has 0 aromatic heterocycles. The van der Waals surface area contributed by atoms with Gasteiger partial charge in [-0.1, -0.05) is 13.8 Å². The van der Waals surface area contributed by atoms with Crippen molar-refractivity contribution in [3.8, 4) is 0 Å². The van der Waals surface area contributed by atoms with Crippen LogP contribution in [0, 0.1) is 5.82 Å². The van der Waals surface area contributed by atoms with Crippen LogP contribution in [-0.4, -0.2) is 31.7 Å². The summed E-state index contributed by atoms with van der Waals surface area (Å²) in [5.41, 5.74) is -1.42. The number of carbonyl (C=O) groups is 1. The number of alkyl halides is 3. The zero-order valence-corrected chi connectivity index (χ0v) is 15.9. The van der Waals surface area contributed by atoms with Gasteiger partial charge in [0.1, 0.15) is 5.82 Å². The fourth-order valence-corrected chi connectivity index (χ4v) is 3.98. The Kier molecular flexibility index (Phi) is 6.45. The Hall–Kier alpha value is -2.46. The first kappa shape index (κ1) is 21.8. The molecule has 0 spiro atoms. The van der Waals surface area contributed by atoms with E-state index in [1.165, 1.54) is 0 Å². The standard InChI is InChI=1S/C18H18F4N2O3S/c1-3-24(4-2)28(26,27)14-9-10-16(19)15(11-14)17(25)23-13-7-5-12(6-8-13)18(20,21)22/h5-11H,3-4H2,1-2H3,(H,23,25). The van der Waals surface area contributed by atoms with Gasteiger partial charge >= 0.3 is 6.18 Å². The van der Waals surface area contributed by atoms with Crippen molar-refractivity contribution >= 4 is 21.6 Å². The minimum absolute atomic E-state index is 0.00871. The van der Waals surface area contributed by atoms with Gasteiger partial charge in [-0.2, -0.15) is 17.5 Å². The molecule has 0 fully saturated rings. The van der Waals surface area contributed by atoms with E-state index in [0.29, 0.717) is 0 Å². The fraction of sp³-hybridized carbons (Fsp3) is 0.278. The third-order valence-electron chi connectivity index (χ3n) is 4.00. The number of halogens is 4. The minimum atomic E-state index is -4.53.